The molecular weight excluding hydrogens is 292 g/mol. The number of hydrogen-bond acceptors (Lipinski definition) is 4. The topological polar surface area (TPSA) is 50.8 Å². The van der Waals surface area contributed by atoms with Crippen LogP contribution in [0.1, 0.15) is 31.9 Å². The first-order chi connectivity index (χ1) is 10.9. The van der Waals surface area contributed by atoms with Crippen LogP contribution >= 0.6 is 0 Å². The van der Waals surface area contributed by atoms with Crippen molar-refractivity contribution >= 4 is 6.09 Å². The zero-order chi connectivity index (χ0) is 16.9. The Balaban J connectivity index is 1.68. The first kappa shape index (κ1) is 17.8. The van der Waals surface area contributed by atoms with E-state index >= 15 is 0 Å². The summed E-state index contributed by atoms with van der Waals surface area (Å²) in [6.45, 7) is 9.15. The van der Waals surface area contributed by atoms with Crippen molar-refractivity contribution in [2.24, 2.45) is 0 Å². The Morgan fingerprint density at radius 2 is 1.83 bits per heavy atom. The Kier molecular flexibility index (Phi) is 6.02. The van der Waals surface area contributed by atoms with E-state index in [0.29, 0.717) is 12.6 Å². The number of nitrogens with one attached hydrogen (secondary N) is 1. The van der Waals surface area contributed by atoms with Crippen molar-refractivity contribution < 1.29 is 14.3 Å². The van der Waals surface area contributed by atoms with E-state index in [1.807, 2.05) is 20.8 Å². The predicted octanol–water partition coefficient (Wildman–Crippen LogP) is 2.58. The summed E-state index contributed by atoms with van der Waals surface area (Å²) in [5.41, 5.74) is 2.07. The van der Waals surface area contributed by atoms with Crippen LogP contribution in [0.2, 0.25) is 0 Å². The van der Waals surface area contributed by atoms with Crippen LogP contribution < -0.4 is 5.32 Å². The molecule has 2 rings (SSSR count). The molecule has 0 radical (unpaired) electrons. The number of alkyl carbamates (subject to hydrolysis) is 1. The van der Waals surface area contributed by atoms with Crippen LogP contribution in [0.4, 0.5) is 4.79 Å². The third kappa shape index (κ3) is 6.20. The zero-order valence-electron chi connectivity index (χ0n) is 14.6. The summed E-state index contributed by atoms with van der Waals surface area (Å²) in [4.78, 5) is 13.9. The Hall–Kier alpha value is -1.59. The Labute approximate surface area is 139 Å². The molecule has 0 bridgehead atoms. The second kappa shape index (κ2) is 7.79. The van der Waals surface area contributed by atoms with Gasteiger partial charge in [0, 0.05) is 33.3 Å². The third-order valence-electron chi connectivity index (χ3n) is 3.77. The molecule has 1 amide bonds. The highest BCUT2D eigenvalue weighted by Crippen LogP contribution is 2.15. The quantitative estimate of drug-likeness (QED) is 0.875. The fourth-order valence-electron chi connectivity index (χ4n) is 2.49. The standard InChI is InChI=1S/C18H28N2O3/c1-18(2,3)23-17(21)19-10-9-14-5-7-15(8-6-14)11-20-12-16(13-20)22-4/h5-8,16H,9-13H2,1-4H3,(H,19,21). The Morgan fingerprint density at radius 3 is 2.39 bits per heavy atom. The summed E-state index contributed by atoms with van der Waals surface area (Å²) >= 11 is 0. The molecular formula is C18H28N2O3. The smallest absolute Gasteiger partial charge is 0.407 e. The van der Waals surface area contributed by atoms with E-state index in [9.17, 15) is 4.79 Å². The van der Waals surface area contributed by atoms with Gasteiger partial charge in [-0.05, 0) is 38.3 Å². The lowest BCUT2D eigenvalue weighted by Gasteiger charge is -2.38. The van der Waals surface area contributed by atoms with Gasteiger partial charge in [0.2, 0.25) is 0 Å². The van der Waals surface area contributed by atoms with Gasteiger partial charge in [-0.3, -0.25) is 4.90 Å². The number of benzene rings is 1. The van der Waals surface area contributed by atoms with Crippen molar-refractivity contribution in [3.63, 3.8) is 0 Å². The van der Waals surface area contributed by atoms with Gasteiger partial charge in [-0.1, -0.05) is 24.3 Å². The number of hydrogen-bond donors (Lipinski definition) is 1. The molecule has 0 atom stereocenters. The Bertz CT molecular complexity index is 502. The highest BCUT2D eigenvalue weighted by atomic mass is 16.6. The van der Waals surface area contributed by atoms with Gasteiger partial charge in [0.05, 0.1) is 6.10 Å². The number of likely N-dealkylation sites (tertiary alicyclic amines) is 1. The molecule has 1 aromatic carbocycles. The molecule has 0 aliphatic carbocycles. The van der Waals surface area contributed by atoms with Gasteiger partial charge >= 0.3 is 6.09 Å². The lowest BCUT2D eigenvalue weighted by Crippen LogP contribution is -2.50. The minimum atomic E-state index is -0.454. The first-order valence-corrected chi connectivity index (χ1v) is 8.15. The van der Waals surface area contributed by atoms with Crippen molar-refractivity contribution in [3.05, 3.63) is 35.4 Å². The van der Waals surface area contributed by atoms with E-state index in [4.69, 9.17) is 9.47 Å². The number of carbonyl (C=O) groups is 1. The number of rotatable bonds is 6. The van der Waals surface area contributed by atoms with E-state index in [2.05, 4.69) is 34.5 Å². The second-order valence-electron chi connectivity index (χ2n) is 7.05. The van der Waals surface area contributed by atoms with Gasteiger partial charge in [0.25, 0.3) is 0 Å². The van der Waals surface area contributed by atoms with E-state index in [0.717, 1.165) is 26.1 Å². The molecule has 5 nitrogen and oxygen atoms in total. The normalized spacial score (nSPS) is 16.0. The lowest BCUT2D eigenvalue weighted by atomic mass is 10.1. The maximum atomic E-state index is 11.6. The van der Waals surface area contributed by atoms with Crippen molar-refractivity contribution in [1.82, 2.24) is 10.2 Å². The molecule has 1 aliphatic heterocycles. The number of ether oxygens (including phenoxy) is 2. The SMILES string of the molecule is COC1CN(Cc2ccc(CCNC(=O)OC(C)(C)C)cc2)C1. The molecule has 0 unspecified atom stereocenters. The van der Waals surface area contributed by atoms with Gasteiger partial charge in [-0.2, -0.15) is 0 Å². The first-order valence-electron chi connectivity index (χ1n) is 8.15. The summed E-state index contributed by atoms with van der Waals surface area (Å²) in [6.07, 6.45) is 0.836. The van der Waals surface area contributed by atoms with Crippen LogP contribution in [0.15, 0.2) is 24.3 Å². The summed E-state index contributed by atoms with van der Waals surface area (Å²) in [7, 11) is 1.77. The van der Waals surface area contributed by atoms with Gasteiger partial charge in [0.15, 0.2) is 0 Å². The minimum absolute atomic E-state index is 0.361. The molecule has 23 heavy (non-hydrogen) atoms. The molecule has 5 heteroatoms. The van der Waals surface area contributed by atoms with Crippen molar-refractivity contribution in [1.29, 1.82) is 0 Å². The molecule has 1 heterocycles. The summed E-state index contributed by atoms with van der Waals surface area (Å²) in [6, 6.07) is 8.56. The molecule has 1 fully saturated rings. The summed E-state index contributed by atoms with van der Waals surface area (Å²) in [5, 5.41) is 2.78. The maximum Gasteiger partial charge on any atom is 0.407 e. The summed E-state index contributed by atoms with van der Waals surface area (Å²) in [5.74, 6) is 0. The predicted molar refractivity (Wildman–Crippen MR) is 90.5 cm³/mol. The lowest BCUT2D eigenvalue weighted by molar-refractivity contribution is -0.0334. The molecule has 0 spiro atoms. The summed E-state index contributed by atoms with van der Waals surface area (Å²) < 4.78 is 10.5. The van der Waals surface area contributed by atoms with Crippen molar-refractivity contribution in [3.8, 4) is 0 Å². The number of amides is 1. The Morgan fingerprint density at radius 1 is 1.22 bits per heavy atom. The molecule has 1 N–H and O–H groups in total. The number of carbonyl (C=O) groups excluding carboxylic acids is 1. The largest absolute Gasteiger partial charge is 0.444 e. The van der Waals surface area contributed by atoms with Crippen LogP contribution in [0.25, 0.3) is 0 Å². The molecule has 128 valence electrons. The van der Waals surface area contributed by atoms with E-state index in [-0.39, 0.29) is 6.09 Å². The monoisotopic (exact) mass is 320 g/mol. The van der Waals surface area contributed by atoms with Crippen LogP contribution in [-0.4, -0.2) is 49.4 Å². The number of nitrogens with zero attached hydrogens (tertiary/aromatic N) is 1. The third-order valence-corrected chi connectivity index (χ3v) is 3.77. The van der Waals surface area contributed by atoms with Gasteiger partial charge in [-0.15, -0.1) is 0 Å². The number of methoxy groups -OCH3 is 1. The van der Waals surface area contributed by atoms with E-state index < -0.39 is 5.60 Å². The van der Waals surface area contributed by atoms with Crippen LogP contribution in [-0.2, 0) is 22.4 Å². The maximum absolute atomic E-state index is 11.6. The fraction of sp³-hybridized carbons (Fsp3) is 0.611. The van der Waals surface area contributed by atoms with Crippen LogP contribution in [0.5, 0.6) is 0 Å². The van der Waals surface area contributed by atoms with Crippen LogP contribution in [0.3, 0.4) is 0 Å². The minimum Gasteiger partial charge on any atom is -0.444 e. The molecule has 1 aromatic rings. The highest BCUT2D eigenvalue weighted by Gasteiger charge is 2.25. The second-order valence-corrected chi connectivity index (χ2v) is 7.05. The van der Waals surface area contributed by atoms with Gasteiger partial charge in [-0.25, -0.2) is 4.79 Å². The van der Waals surface area contributed by atoms with E-state index in [1.54, 1.807) is 7.11 Å². The zero-order valence-corrected chi connectivity index (χ0v) is 14.6. The van der Waals surface area contributed by atoms with Gasteiger partial charge < -0.3 is 14.8 Å². The molecule has 0 aromatic heterocycles. The highest BCUT2D eigenvalue weighted by molar-refractivity contribution is 5.67. The van der Waals surface area contributed by atoms with Gasteiger partial charge in [0.1, 0.15) is 5.60 Å². The average Bonchev–Trinajstić information content (AvgIpc) is 2.42. The molecule has 0 saturated carbocycles. The van der Waals surface area contributed by atoms with Crippen molar-refractivity contribution in [2.75, 3.05) is 26.7 Å². The van der Waals surface area contributed by atoms with Crippen LogP contribution in [0, 0.1) is 0 Å². The fourth-order valence-corrected chi connectivity index (χ4v) is 2.49. The average molecular weight is 320 g/mol. The van der Waals surface area contributed by atoms with Crippen molar-refractivity contribution in [2.45, 2.75) is 45.4 Å². The molecule has 1 aliphatic rings. The van der Waals surface area contributed by atoms with E-state index in [1.165, 1.54) is 11.1 Å². The molecule has 1 saturated heterocycles.